The third-order valence-electron chi connectivity index (χ3n) is 12.3. The lowest BCUT2D eigenvalue weighted by atomic mass is 9.85. The highest BCUT2D eigenvalue weighted by Gasteiger charge is 2.41. The zero-order valence-corrected chi connectivity index (χ0v) is 37.1. The van der Waals surface area contributed by atoms with Gasteiger partial charge in [0, 0.05) is 49.4 Å². The van der Waals surface area contributed by atoms with Gasteiger partial charge in [-0.25, -0.2) is 0 Å². The molecule has 4 aromatic carbocycles. The number of benzene rings is 4. The fourth-order valence-corrected chi connectivity index (χ4v) is 9.10. The maximum absolute atomic E-state index is 12.8. The van der Waals surface area contributed by atoms with Crippen molar-refractivity contribution in [2.75, 3.05) is 55.1 Å². The molecule has 0 saturated carbocycles. The largest absolute Gasteiger partial charge is 0.550 e. The molecular formula is C47H58Cl2N2O9. The van der Waals surface area contributed by atoms with Crippen molar-refractivity contribution in [1.29, 1.82) is 0 Å². The van der Waals surface area contributed by atoms with Crippen LogP contribution in [0.25, 0.3) is 0 Å². The lowest BCUT2D eigenvalue weighted by Crippen LogP contribution is -2.52. The highest BCUT2D eigenvalue weighted by atomic mass is 35.5. The number of nitrogens with zero attached hydrogens (tertiary/aromatic N) is 2. The van der Waals surface area contributed by atoms with Gasteiger partial charge in [0.15, 0.2) is 34.5 Å². The van der Waals surface area contributed by atoms with Gasteiger partial charge >= 0.3 is 5.97 Å². The number of carbonyl (C=O) groups excluding carboxylic acids is 2. The molecule has 4 aliphatic rings. The number of ether oxygens (including phenoxy) is 6. The van der Waals surface area contributed by atoms with Crippen molar-refractivity contribution in [2.24, 2.45) is 0 Å². The van der Waals surface area contributed by atoms with Gasteiger partial charge < -0.3 is 42.8 Å². The Morgan fingerprint density at radius 3 is 2.15 bits per heavy atom. The van der Waals surface area contributed by atoms with E-state index >= 15 is 0 Å². The summed E-state index contributed by atoms with van der Waals surface area (Å²) < 4.78 is 38.2. The molecule has 0 aliphatic carbocycles. The minimum atomic E-state index is -0.981. The number of fused-ring (bicyclic) bond motifs is 2. The van der Waals surface area contributed by atoms with Crippen LogP contribution in [0, 0.1) is 0 Å². The van der Waals surface area contributed by atoms with E-state index < -0.39 is 11.9 Å². The number of carboxylic acid groups (broad SMARTS) is 1. The van der Waals surface area contributed by atoms with Crippen LogP contribution in [0.5, 0.6) is 46.0 Å². The fraction of sp³-hybridized carbons (Fsp3) is 0.447. The number of methoxy groups -OCH3 is 3. The van der Waals surface area contributed by atoms with Crippen LogP contribution < -0.4 is 33.5 Å². The van der Waals surface area contributed by atoms with E-state index in [0.29, 0.717) is 47.3 Å². The van der Waals surface area contributed by atoms with Crippen molar-refractivity contribution in [2.45, 2.75) is 83.2 Å². The van der Waals surface area contributed by atoms with Crippen LogP contribution in [0.3, 0.4) is 0 Å². The molecule has 4 aromatic rings. The molecule has 8 rings (SSSR count). The van der Waals surface area contributed by atoms with Gasteiger partial charge in [0.05, 0.1) is 41.5 Å². The van der Waals surface area contributed by atoms with E-state index in [-0.39, 0.29) is 49.1 Å². The first-order valence-electron chi connectivity index (χ1n) is 20.5. The molecule has 0 fully saturated rings. The van der Waals surface area contributed by atoms with Gasteiger partial charge in [0.1, 0.15) is 11.8 Å². The van der Waals surface area contributed by atoms with Gasteiger partial charge in [-0.15, -0.1) is 24.8 Å². The number of quaternary nitrogens is 1. The van der Waals surface area contributed by atoms with E-state index in [9.17, 15) is 14.7 Å². The monoisotopic (exact) mass is 864 g/mol. The molecule has 6 bridgehead atoms. The molecule has 0 saturated heterocycles. The van der Waals surface area contributed by atoms with E-state index in [1.54, 1.807) is 21.3 Å². The van der Waals surface area contributed by atoms with Crippen LogP contribution >= 0.6 is 24.8 Å². The summed E-state index contributed by atoms with van der Waals surface area (Å²) in [6.07, 6.45) is 7.71. The van der Waals surface area contributed by atoms with Gasteiger partial charge in [-0.1, -0.05) is 31.0 Å². The Kier molecular flexibility index (Phi) is 15.7. The van der Waals surface area contributed by atoms with Gasteiger partial charge in [0.25, 0.3) is 0 Å². The first-order valence-corrected chi connectivity index (χ1v) is 20.5. The second-order valence-electron chi connectivity index (χ2n) is 16.2. The third-order valence-corrected chi connectivity index (χ3v) is 12.3. The molecule has 3 atom stereocenters. The minimum Gasteiger partial charge on any atom is -0.550 e. The molecule has 11 nitrogen and oxygen atoms in total. The molecule has 0 amide bonds. The van der Waals surface area contributed by atoms with E-state index in [1.807, 2.05) is 30.3 Å². The lowest BCUT2D eigenvalue weighted by Gasteiger charge is -2.46. The molecule has 13 heteroatoms. The SMILES string of the molecule is COc1ccc2cc1Oc1ccc(cc1)CC1c3cc(c(OC)cc3CC[N+]1(C)CCCCCCCC(=O)[O-])Oc1c(OC(C)=O)c(OC)cc3c1C(C2)N(C)CC3.Cl.Cl. The highest BCUT2D eigenvalue weighted by molar-refractivity contribution is 5.85. The predicted molar refractivity (Wildman–Crippen MR) is 233 cm³/mol. The van der Waals surface area contributed by atoms with Crippen LogP contribution in [0.15, 0.2) is 60.7 Å². The number of likely N-dealkylation sites (N-methyl/N-ethyl adjacent to an activating group) is 2. The average Bonchev–Trinajstić information content (AvgIpc) is 3.20. The summed E-state index contributed by atoms with van der Waals surface area (Å²) in [7, 11) is 9.36. The number of unbranched alkanes of at least 4 members (excludes halogenated alkanes) is 4. The molecule has 0 radical (unpaired) electrons. The number of carboxylic acids is 1. The molecule has 0 spiro atoms. The third kappa shape index (κ3) is 10.1. The number of carbonyl (C=O) groups is 2. The second-order valence-corrected chi connectivity index (χ2v) is 16.2. The van der Waals surface area contributed by atoms with Crippen molar-refractivity contribution in [3.8, 4) is 46.0 Å². The Labute approximate surface area is 366 Å². The zero-order chi connectivity index (χ0) is 41.0. The van der Waals surface area contributed by atoms with Gasteiger partial charge in [-0.2, -0.15) is 0 Å². The Morgan fingerprint density at radius 2 is 1.45 bits per heavy atom. The van der Waals surface area contributed by atoms with Gasteiger partial charge in [-0.3, -0.25) is 9.69 Å². The van der Waals surface area contributed by atoms with Crippen LogP contribution in [-0.4, -0.2) is 76.4 Å². The smallest absolute Gasteiger partial charge is 0.308 e. The number of aliphatic carboxylic acids is 1. The number of rotatable bonds is 12. The predicted octanol–water partition coefficient (Wildman–Crippen LogP) is 8.53. The van der Waals surface area contributed by atoms with Gasteiger partial charge in [0.2, 0.25) is 5.75 Å². The molecular weight excluding hydrogens is 807 g/mol. The van der Waals surface area contributed by atoms with E-state index in [2.05, 4.69) is 49.3 Å². The summed E-state index contributed by atoms with van der Waals surface area (Å²) in [5.74, 6) is 2.76. The summed E-state index contributed by atoms with van der Waals surface area (Å²) >= 11 is 0. The highest BCUT2D eigenvalue weighted by Crippen LogP contribution is 2.52. The molecule has 324 valence electrons. The molecule has 3 unspecified atom stereocenters. The Hall–Kier alpha value is -4.68. The normalized spacial score (nSPS) is 19.1. The molecule has 0 N–H and O–H groups in total. The standard InChI is InChI=1S/C47H56N2O9.2ClH/c1-30(50)56-46-43(55-6)28-34-19-21-48(2)37-24-32-15-18-39(53-4)41(26-32)57-35-16-13-31(14-17-35)25-38-36-29-42(58-47(46)45(34)37)40(54-5)27-33(36)20-23-49(38,3)22-11-9-7-8-10-12-44(51)52;;/h13-18,26-29,37-38H,7-12,19-25H2,1-6H3;2*1H. The van der Waals surface area contributed by atoms with Crippen LogP contribution in [0.1, 0.15) is 90.9 Å². The number of esters is 1. The molecule has 4 aliphatic heterocycles. The van der Waals surface area contributed by atoms with Crippen molar-refractivity contribution in [1.82, 2.24) is 4.90 Å². The van der Waals surface area contributed by atoms with E-state index in [4.69, 9.17) is 28.4 Å². The average molecular weight is 866 g/mol. The maximum Gasteiger partial charge on any atom is 0.308 e. The zero-order valence-electron chi connectivity index (χ0n) is 35.5. The summed E-state index contributed by atoms with van der Waals surface area (Å²) in [5, 5.41) is 10.9. The topological polar surface area (TPSA) is 116 Å². The van der Waals surface area contributed by atoms with Crippen molar-refractivity contribution >= 4 is 36.8 Å². The van der Waals surface area contributed by atoms with Crippen molar-refractivity contribution < 1.29 is 47.6 Å². The minimum absolute atomic E-state index is 0. The first kappa shape index (κ1) is 46.4. The lowest BCUT2D eigenvalue weighted by molar-refractivity contribution is -0.941. The summed E-state index contributed by atoms with van der Waals surface area (Å²) in [6, 6.07) is 20.6. The number of hydrogen-bond donors (Lipinski definition) is 0. The quantitative estimate of drug-likeness (QED) is 0.0594. The van der Waals surface area contributed by atoms with Gasteiger partial charge in [-0.05, 0) is 110 Å². The summed E-state index contributed by atoms with van der Waals surface area (Å²) in [6.45, 7) is 4.12. The maximum atomic E-state index is 12.8. The number of halogens is 2. The van der Waals surface area contributed by atoms with E-state index in [0.717, 1.165) is 91.5 Å². The molecule has 4 heterocycles. The Bertz CT molecular complexity index is 2150. The van der Waals surface area contributed by atoms with E-state index in [1.165, 1.54) is 23.6 Å². The Morgan fingerprint density at radius 1 is 0.783 bits per heavy atom. The Balaban J connectivity index is 0.00000341. The molecule has 60 heavy (non-hydrogen) atoms. The van der Waals surface area contributed by atoms with Crippen LogP contribution in [0.2, 0.25) is 0 Å². The fourth-order valence-electron chi connectivity index (χ4n) is 9.10. The summed E-state index contributed by atoms with van der Waals surface area (Å²) in [5.41, 5.74) is 6.62. The summed E-state index contributed by atoms with van der Waals surface area (Å²) in [4.78, 5) is 26.0. The molecule has 0 aromatic heterocycles. The van der Waals surface area contributed by atoms with Crippen molar-refractivity contribution in [3.05, 3.63) is 94.0 Å². The first-order chi connectivity index (χ1) is 28.0. The second kappa shape index (κ2) is 20.3. The van der Waals surface area contributed by atoms with Crippen LogP contribution in [-0.2, 0) is 35.3 Å². The van der Waals surface area contributed by atoms with Crippen molar-refractivity contribution in [3.63, 3.8) is 0 Å². The van der Waals surface area contributed by atoms with Crippen LogP contribution in [0.4, 0.5) is 0 Å². The number of hydrogen-bond acceptors (Lipinski definition) is 10.